The lowest BCUT2D eigenvalue weighted by atomic mass is 10.3. The van der Waals surface area contributed by atoms with Crippen LogP contribution < -0.4 is 5.63 Å². The van der Waals surface area contributed by atoms with Gasteiger partial charge in [0.15, 0.2) is 0 Å². The Balaban J connectivity index is 2.45. The molecule has 0 saturated carbocycles. The summed E-state index contributed by atoms with van der Waals surface area (Å²) >= 11 is 1.61. The van der Waals surface area contributed by atoms with E-state index >= 15 is 0 Å². The van der Waals surface area contributed by atoms with E-state index in [2.05, 4.69) is 12.6 Å². The first-order valence-electron chi connectivity index (χ1n) is 4.09. The van der Waals surface area contributed by atoms with Crippen LogP contribution in [-0.2, 0) is 6.42 Å². The van der Waals surface area contributed by atoms with Gasteiger partial charge in [0, 0.05) is 11.3 Å². The molecule has 0 aliphatic carbocycles. The number of thiophene rings is 1. The molecule has 2 rings (SSSR count). The summed E-state index contributed by atoms with van der Waals surface area (Å²) in [5.74, 6) is 0. The van der Waals surface area contributed by atoms with Crippen molar-refractivity contribution in [3.63, 3.8) is 0 Å². The molecular formula is C10H8NO2S. The summed E-state index contributed by atoms with van der Waals surface area (Å²) in [5, 5.41) is 1.95. The summed E-state index contributed by atoms with van der Waals surface area (Å²) in [6.45, 7) is 3.67. The van der Waals surface area contributed by atoms with Gasteiger partial charge in [0.2, 0.25) is 0 Å². The van der Waals surface area contributed by atoms with Crippen LogP contribution in [0.4, 0.5) is 0 Å². The van der Waals surface area contributed by atoms with Crippen molar-refractivity contribution in [2.45, 2.75) is 6.42 Å². The summed E-state index contributed by atoms with van der Waals surface area (Å²) in [7, 11) is 0. The molecule has 0 amide bonds. The molecule has 3 nitrogen and oxygen atoms in total. The minimum absolute atomic E-state index is 0.458. The second-order valence-electron chi connectivity index (χ2n) is 2.70. The molecule has 14 heavy (non-hydrogen) atoms. The minimum Gasteiger partial charge on any atom is -0.331 e. The Bertz CT molecular complexity index is 492. The van der Waals surface area contributed by atoms with E-state index in [0.29, 0.717) is 0 Å². The highest BCUT2D eigenvalue weighted by Gasteiger charge is 2.06. The highest BCUT2D eigenvalue weighted by molar-refractivity contribution is 7.10. The van der Waals surface area contributed by atoms with Gasteiger partial charge in [0.1, 0.15) is 0 Å². The van der Waals surface area contributed by atoms with Gasteiger partial charge in [0.05, 0.1) is 18.0 Å². The Morgan fingerprint density at radius 2 is 2.57 bits per heavy atom. The Kier molecular flexibility index (Phi) is 2.37. The maximum atomic E-state index is 10.8. The summed E-state index contributed by atoms with van der Waals surface area (Å²) in [6, 6.07) is 4.35. The molecule has 0 saturated heterocycles. The summed E-state index contributed by atoms with van der Waals surface area (Å²) < 4.78 is 6.32. The number of allylic oxidation sites excluding steroid dienone is 1. The summed E-state index contributed by atoms with van der Waals surface area (Å²) in [4.78, 5) is 11.9. The Labute approximate surface area is 84.9 Å². The first kappa shape index (κ1) is 9.02. The van der Waals surface area contributed by atoms with E-state index in [0.717, 1.165) is 17.0 Å². The standard InChI is InChI=1S/C10H8NO2S/c1-2-3-9-8(5-7-14-9)11-6-4-10(12)13-11/h2,5-7H,1,3H2. The van der Waals surface area contributed by atoms with Gasteiger partial charge < -0.3 is 4.52 Å². The van der Waals surface area contributed by atoms with Crippen LogP contribution in [-0.4, -0.2) is 4.74 Å². The molecule has 2 aromatic heterocycles. The van der Waals surface area contributed by atoms with Crippen LogP contribution in [0.5, 0.6) is 0 Å². The van der Waals surface area contributed by atoms with Gasteiger partial charge in [-0.25, -0.2) is 4.79 Å². The number of hydrogen-bond donors (Lipinski definition) is 0. The first-order valence-corrected chi connectivity index (χ1v) is 4.97. The Morgan fingerprint density at radius 3 is 3.21 bits per heavy atom. The van der Waals surface area contributed by atoms with Crippen molar-refractivity contribution in [2.75, 3.05) is 0 Å². The molecule has 0 fully saturated rings. The average Bonchev–Trinajstić information content (AvgIpc) is 2.74. The Morgan fingerprint density at radius 1 is 1.71 bits per heavy atom. The highest BCUT2D eigenvalue weighted by Crippen LogP contribution is 2.21. The van der Waals surface area contributed by atoms with Gasteiger partial charge in [-0.2, -0.15) is 4.74 Å². The van der Waals surface area contributed by atoms with Crippen LogP contribution in [0.25, 0.3) is 5.69 Å². The van der Waals surface area contributed by atoms with Crippen molar-refractivity contribution in [3.8, 4) is 5.69 Å². The fourth-order valence-corrected chi connectivity index (χ4v) is 2.04. The molecule has 0 aliphatic heterocycles. The second kappa shape index (κ2) is 3.67. The number of nitrogens with zero attached hydrogens (tertiary/aromatic N) is 1. The molecule has 2 aromatic rings. The fourth-order valence-electron chi connectivity index (χ4n) is 1.19. The first-order chi connectivity index (χ1) is 6.81. The lowest BCUT2D eigenvalue weighted by molar-refractivity contribution is 0.323. The zero-order valence-corrected chi connectivity index (χ0v) is 8.21. The molecule has 0 unspecified atom stereocenters. The van der Waals surface area contributed by atoms with Crippen molar-refractivity contribution in [2.24, 2.45) is 0 Å². The number of hydrogen-bond acceptors (Lipinski definition) is 3. The van der Waals surface area contributed by atoms with E-state index in [-0.39, 0.29) is 0 Å². The van der Waals surface area contributed by atoms with Crippen LogP contribution >= 0.6 is 11.3 Å². The van der Waals surface area contributed by atoms with Gasteiger partial charge >= 0.3 is 5.63 Å². The molecule has 0 bridgehead atoms. The third kappa shape index (κ3) is 1.56. The van der Waals surface area contributed by atoms with Gasteiger partial charge in [-0.05, 0) is 11.4 Å². The van der Waals surface area contributed by atoms with Gasteiger partial charge in [-0.3, -0.25) is 0 Å². The van der Waals surface area contributed by atoms with Crippen LogP contribution in [0.3, 0.4) is 0 Å². The molecule has 0 aromatic carbocycles. The van der Waals surface area contributed by atoms with Crippen molar-refractivity contribution >= 4 is 11.3 Å². The molecule has 71 valence electrons. The SMILES string of the molecule is C=CCc1sccc1-n1c[c]c(=O)o1. The fraction of sp³-hybridized carbons (Fsp3) is 0.100. The maximum Gasteiger partial charge on any atom is 0.366 e. The van der Waals surface area contributed by atoms with Crippen LogP contribution in [0.2, 0.25) is 0 Å². The predicted molar refractivity (Wildman–Crippen MR) is 54.9 cm³/mol. The molecule has 0 atom stereocenters. The van der Waals surface area contributed by atoms with Gasteiger partial charge in [-0.1, -0.05) is 6.08 Å². The topological polar surface area (TPSA) is 35.1 Å². The molecule has 0 aliphatic rings. The van der Waals surface area contributed by atoms with Crippen molar-refractivity contribution in [3.05, 3.63) is 51.7 Å². The molecular weight excluding hydrogens is 198 g/mol. The average molecular weight is 206 g/mol. The van der Waals surface area contributed by atoms with E-state index < -0.39 is 5.63 Å². The highest BCUT2D eigenvalue weighted by atomic mass is 32.1. The third-order valence-corrected chi connectivity index (χ3v) is 2.70. The minimum atomic E-state index is -0.458. The second-order valence-corrected chi connectivity index (χ2v) is 3.70. The number of rotatable bonds is 3. The normalized spacial score (nSPS) is 10.3. The number of aromatic nitrogens is 1. The lowest BCUT2D eigenvalue weighted by Crippen LogP contribution is -1.95. The van der Waals surface area contributed by atoms with Crippen LogP contribution in [0.1, 0.15) is 4.88 Å². The van der Waals surface area contributed by atoms with Crippen molar-refractivity contribution in [1.82, 2.24) is 4.74 Å². The van der Waals surface area contributed by atoms with Crippen LogP contribution in [0.15, 0.2) is 39.6 Å². The van der Waals surface area contributed by atoms with Crippen molar-refractivity contribution in [1.29, 1.82) is 0 Å². The molecule has 4 heteroatoms. The van der Waals surface area contributed by atoms with Gasteiger partial charge in [0.25, 0.3) is 0 Å². The van der Waals surface area contributed by atoms with Gasteiger partial charge in [-0.15, -0.1) is 17.9 Å². The summed E-state index contributed by atoms with van der Waals surface area (Å²) in [5.41, 5.74) is 0.425. The van der Waals surface area contributed by atoms with Crippen LogP contribution in [0, 0.1) is 6.07 Å². The van der Waals surface area contributed by atoms with E-state index in [1.165, 1.54) is 10.9 Å². The predicted octanol–water partition coefficient (Wildman–Crippen LogP) is 2.02. The summed E-state index contributed by atoms with van der Waals surface area (Å²) in [6.07, 6.45) is 4.09. The molecule has 0 N–H and O–H groups in total. The molecule has 1 radical (unpaired) electrons. The van der Waals surface area contributed by atoms with E-state index in [4.69, 9.17) is 4.52 Å². The molecule has 2 heterocycles. The zero-order valence-electron chi connectivity index (χ0n) is 7.40. The largest absolute Gasteiger partial charge is 0.366 e. The third-order valence-electron chi connectivity index (χ3n) is 1.77. The van der Waals surface area contributed by atoms with E-state index in [9.17, 15) is 4.79 Å². The van der Waals surface area contributed by atoms with E-state index in [1.807, 2.05) is 17.5 Å². The zero-order chi connectivity index (χ0) is 9.97. The lowest BCUT2D eigenvalue weighted by Gasteiger charge is -1.99. The Hall–Kier alpha value is -1.55. The maximum absolute atomic E-state index is 10.8. The molecule has 0 spiro atoms. The van der Waals surface area contributed by atoms with E-state index in [1.54, 1.807) is 11.3 Å². The van der Waals surface area contributed by atoms with Crippen molar-refractivity contribution < 1.29 is 4.52 Å². The quantitative estimate of drug-likeness (QED) is 0.720. The monoisotopic (exact) mass is 206 g/mol. The smallest absolute Gasteiger partial charge is 0.331 e.